The van der Waals surface area contributed by atoms with Crippen molar-refractivity contribution in [1.82, 2.24) is 20.3 Å². The lowest BCUT2D eigenvalue weighted by Crippen LogP contribution is -2.04. The summed E-state index contributed by atoms with van der Waals surface area (Å²) < 4.78 is 10.3. The number of nitrogens with one attached hydrogen (secondary N) is 2. The molecule has 0 aliphatic rings. The summed E-state index contributed by atoms with van der Waals surface area (Å²) in [7, 11) is 0. The molecule has 8 heteroatoms. The molecule has 8 nitrogen and oxygen atoms in total. The smallest absolute Gasteiger partial charge is 0.229 e. The maximum atomic E-state index is 5.15. The highest BCUT2D eigenvalue weighted by atomic mass is 16.5. The molecule has 0 saturated heterocycles. The van der Waals surface area contributed by atoms with Crippen LogP contribution < -0.4 is 10.6 Å². The van der Waals surface area contributed by atoms with Crippen molar-refractivity contribution in [1.29, 1.82) is 0 Å². The van der Waals surface area contributed by atoms with Gasteiger partial charge in [0.05, 0.1) is 0 Å². The summed E-state index contributed by atoms with van der Waals surface area (Å²) in [4.78, 5) is 8.87. The van der Waals surface area contributed by atoms with Crippen LogP contribution in [-0.4, -0.2) is 20.3 Å². The van der Waals surface area contributed by atoms with Gasteiger partial charge in [-0.2, -0.15) is 4.98 Å². The lowest BCUT2D eigenvalue weighted by molar-refractivity contribution is 0.393. The van der Waals surface area contributed by atoms with Gasteiger partial charge in [-0.05, 0) is 34.6 Å². The molecule has 0 atom stereocenters. The van der Waals surface area contributed by atoms with Crippen LogP contribution in [-0.2, 0) is 0 Å². The van der Waals surface area contributed by atoms with Crippen LogP contribution in [0.3, 0.4) is 0 Å². The van der Waals surface area contributed by atoms with Crippen molar-refractivity contribution in [2.45, 2.75) is 34.6 Å². The first-order valence-corrected chi connectivity index (χ1v) is 7.19. The van der Waals surface area contributed by atoms with Gasteiger partial charge >= 0.3 is 0 Å². The molecule has 23 heavy (non-hydrogen) atoms. The molecule has 0 bridgehead atoms. The summed E-state index contributed by atoms with van der Waals surface area (Å²) >= 11 is 0. The maximum Gasteiger partial charge on any atom is 0.229 e. The van der Waals surface area contributed by atoms with Gasteiger partial charge in [-0.25, -0.2) is 4.98 Å². The van der Waals surface area contributed by atoms with Gasteiger partial charge in [0.15, 0.2) is 11.5 Å². The molecule has 0 aromatic carbocycles. The third-order valence-corrected chi connectivity index (χ3v) is 3.41. The lowest BCUT2D eigenvalue weighted by atomic mass is 10.3. The zero-order valence-electron chi connectivity index (χ0n) is 13.7. The molecule has 3 rings (SSSR count). The minimum absolute atomic E-state index is 0.466. The van der Waals surface area contributed by atoms with Crippen molar-refractivity contribution in [3.8, 4) is 0 Å². The molecule has 0 spiro atoms. The number of aromatic nitrogens is 4. The molecule has 3 aromatic rings. The first-order valence-electron chi connectivity index (χ1n) is 7.19. The second-order valence-electron chi connectivity index (χ2n) is 5.37. The fraction of sp³-hybridized carbons (Fsp3) is 0.333. The number of anilines is 4. The summed E-state index contributed by atoms with van der Waals surface area (Å²) in [5, 5.41) is 14.2. The van der Waals surface area contributed by atoms with E-state index in [2.05, 4.69) is 30.9 Å². The van der Waals surface area contributed by atoms with E-state index in [9.17, 15) is 0 Å². The maximum absolute atomic E-state index is 5.15. The van der Waals surface area contributed by atoms with Crippen LogP contribution in [0.25, 0.3) is 0 Å². The second kappa shape index (κ2) is 5.71. The molecular formula is C15H18N6O2. The van der Waals surface area contributed by atoms with Crippen molar-refractivity contribution >= 4 is 23.1 Å². The topological polar surface area (TPSA) is 102 Å². The quantitative estimate of drug-likeness (QED) is 0.754. The van der Waals surface area contributed by atoms with Crippen molar-refractivity contribution in [2.24, 2.45) is 0 Å². The van der Waals surface area contributed by atoms with Crippen molar-refractivity contribution in [2.75, 3.05) is 10.6 Å². The van der Waals surface area contributed by atoms with Gasteiger partial charge in [0.25, 0.3) is 0 Å². The minimum Gasteiger partial charge on any atom is -0.359 e. The van der Waals surface area contributed by atoms with Crippen molar-refractivity contribution in [3.05, 3.63) is 34.7 Å². The predicted molar refractivity (Wildman–Crippen MR) is 85.3 cm³/mol. The van der Waals surface area contributed by atoms with E-state index in [1.165, 1.54) is 0 Å². The molecule has 0 radical (unpaired) electrons. The molecule has 3 heterocycles. The Labute approximate surface area is 133 Å². The zero-order valence-corrected chi connectivity index (χ0v) is 13.7. The number of nitrogens with zero attached hydrogens (tertiary/aromatic N) is 4. The van der Waals surface area contributed by atoms with Crippen molar-refractivity contribution in [3.63, 3.8) is 0 Å². The summed E-state index contributed by atoms with van der Waals surface area (Å²) in [6.07, 6.45) is 0. The molecule has 0 amide bonds. The predicted octanol–water partition coefficient (Wildman–Crippen LogP) is 3.48. The summed E-state index contributed by atoms with van der Waals surface area (Å²) in [5.74, 6) is 2.52. The molecule has 0 fully saturated rings. The standard InChI is InChI=1S/C15H18N6O2/c1-7-6-12(17-13-8(2)20-22-10(13)4)18-15(16-7)19-14-9(3)21-23-11(14)5/h6H,1-5H3,(H2,16,17,18,19). The van der Waals surface area contributed by atoms with Gasteiger partial charge in [0, 0.05) is 11.8 Å². The zero-order chi connectivity index (χ0) is 16.6. The summed E-state index contributed by atoms with van der Waals surface area (Å²) in [6, 6.07) is 1.85. The summed E-state index contributed by atoms with van der Waals surface area (Å²) in [5.41, 5.74) is 3.95. The Morgan fingerprint density at radius 3 is 1.87 bits per heavy atom. The molecule has 0 saturated carbocycles. The van der Waals surface area contributed by atoms with Gasteiger partial charge in [-0.1, -0.05) is 10.3 Å². The molecule has 0 aliphatic heterocycles. The van der Waals surface area contributed by atoms with Gasteiger partial charge in [-0.15, -0.1) is 0 Å². The van der Waals surface area contributed by atoms with Crippen LogP contribution in [0.4, 0.5) is 23.1 Å². The molecule has 120 valence electrons. The minimum atomic E-state index is 0.466. The Morgan fingerprint density at radius 1 is 0.783 bits per heavy atom. The van der Waals surface area contributed by atoms with Crippen LogP contribution in [0.5, 0.6) is 0 Å². The van der Waals surface area contributed by atoms with Crippen LogP contribution in [0.1, 0.15) is 28.6 Å². The van der Waals surface area contributed by atoms with E-state index in [1.807, 2.05) is 40.7 Å². The van der Waals surface area contributed by atoms with E-state index in [0.29, 0.717) is 23.3 Å². The lowest BCUT2D eigenvalue weighted by Gasteiger charge is -2.09. The first kappa shape index (κ1) is 15.0. The highest BCUT2D eigenvalue weighted by Gasteiger charge is 2.13. The fourth-order valence-corrected chi connectivity index (χ4v) is 2.25. The molecule has 0 aliphatic carbocycles. The van der Waals surface area contributed by atoms with Crippen LogP contribution >= 0.6 is 0 Å². The first-order chi connectivity index (χ1) is 10.9. The highest BCUT2D eigenvalue weighted by Crippen LogP contribution is 2.26. The molecule has 2 N–H and O–H groups in total. The normalized spacial score (nSPS) is 10.8. The number of rotatable bonds is 4. The van der Waals surface area contributed by atoms with E-state index in [0.717, 1.165) is 28.5 Å². The molecule has 3 aromatic heterocycles. The Bertz CT molecular complexity index is 746. The Balaban J connectivity index is 1.90. The van der Waals surface area contributed by atoms with E-state index in [4.69, 9.17) is 9.05 Å². The highest BCUT2D eigenvalue weighted by molar-refractivity contribution is 5.63. The van der Waals surface area contributed by atoms with Gasteiger partial charge in [0.1, 0.15) is 28.6 Å². The second-order valence-corrected chi connectivity index (χ2v) is 5.37. The van der Waals surface area contributed by atoms with Crippen LogP contribution in [0, 0.1) is 34.6 Å². The average molecular weight is 314 g/mol. The Hall–Kier alpha value is -2.90. The van der Waals surface area contributed by atoms with Gasteiger partial charge in [-0.3, -0.25) is 0 Å². The molecular weight excluding hydrogens is 296 g/mol. The Morgan fingerprint density at radius 2 is 1.35 bits per heavy atom. The van der Waals surface area contributed by atoms with E-state index in [-0.39, 0.29) is 0 Å². The third-order valence-electron chi connectivity index (χ3n) is 3.41. The van der Waals surface area contributed by atoms with E-state index in [1.54, 1.807) is 0 Å². The average Bonchev–Trinajstić information content (AvgIpc) is 2.97. The fourth-order valence-electron chi connectivity index (χ4n) is 2.25. The SMILES string of the molecule is Cc1cc(Nc2c(C)noc2C)nc(Nc2c(C)noc2C)n1. The van der Waals surface area contributed by atoms with Crippen molar-refractivity contribution < 1.29 is 9.05 Å². The van der Waals surface area contributed by atoms with Gasteiger partial charge < -0.3 is 19.7 Å². The largest absolute Gasteiger partial charge is 0.359 e. The van der Waals surface area contributed by atoms with Gasteiger partial charge in [0.2, 0.25) is 5.95 Å². The van der Waals surface area contributed by atoms with Crippen LogP contribution in [0.2, 0.25) is 0 Å². The Kier molecular flexibility index (Phi) is 3.73. The number of hydrogen-bond donors (Lipinski definition) is 2. The van der Waals surface area contributed by atoms with E-state index < -0.39 is 0 Å². The number of hydrogen-bond acceptors (Lipinski definition) is 8. The molecule has 0 unspecified atom stereocenters. The number of aryl methyl sites for hydroxylation is 5. The third kappa shape index (κ3) is 3.01. The monoisotopic (exact) mass is 314 g/mol. The van der Waals surface area contributed by atoms with E-state index >= 15 is 0 Å². The summed E-state index contributed by atoms with van der Waals surface area (Å²) in [6.45, 7) is 9.31. The van der Waals surface area contributed by atoms with Crippen LogP contribution in [0.15, 0.2) is 15.1 Å².